The van der Waals surface area contributed by atoms with E-state index in [0.717, 1.165) is 18.0 Å². The summed E-state index contributed by atoms with van der Waals surface area (Å²) in [7, 11) is 0. The summed E-state index contributed by atoms with van der Waals surface area (Å²) >= 11 is 7.71. The van der Waals surface area contributed by atoms with Crippen LogP contribution in [-0.2, 0) is 0 Å². The van der Waals surface area contributed by atoms with Crippen molar-refractivity contribution in [3.63, 3.8) is 0 Å². The highest BCUT2D eigenvalue weighted by atomic mass is 35.5. The molecule has 1 heterocycles. The largest absolute Gasteiger partial charge is 0.354 e. The summed E-state index contributed by atoms with van der Waals surface area (Å²) in [5.74, 6) is 0.651. The van der Waals surface area contributed by atoms with Gasteiger partial charge in [-0.25, -0.2) is 9.97 Å². The van der Waals surface area contributed by atoms with Crippen LogP contribution in [0.3, 0.4) is 0 Å². The van der Waals surface area contributed by atoms with Crippen LogP contribution in [-0.4, -0.2) is 21.3 Å². The second-order valence-electron chi connectivity index (χ2n) is 4.49. The lowest BCUT2D eigenvalue weighted by atomic mass is 10.3. The van der Waals surface area contributed by atoms with Crippen LogP contribution in [0.15, 0.2) is 11.2 Å². The fourth-order valence-corrected chi connectivity index (χ4v) is 2.10. The lowest BCUT2D eigenvalue weighted by Gasteiger charge is -2.17. The molecule has 5 heteroatoms. The zero-order valence-electron chi connectivity index (χ0n) is 10.2. The Morgan fingerprint density at radius 1 is 1.44 bits per heavy atom. The molecule has 0 saturated carbocycles. The Bertz CT molecular complexity index is 350. The molecule has 0 atom stereocenters. The second kappa shape index (κ2) is 5.73. The standard InChI is InChI=1S/C11H18ClN3S/c1-5-6-13-10-14-7-8(12)9(15-10)16-11(2,3)4/h7H,5-6H2,1-4H3,(H,13,14,15). The van der Waals surface area contributed by atoms with Gasteiger partial charge in [-0.2, -0.15) is 0 Å². The molecule has 90 valence electrons. The first-order valence-electron chi connectivity index (χ1n) is 5.38. The fourth-order valence-electron chi connectivity index (χ4n) is 1.04. The predicted octanol–water partition coefficient (Wildman–Crippen LogP) is 3.84. The molecule has 1 aromatic rings. The van der Waals surface area contributed by atoms with Crippen LogP contribution in [0.4, 0.5) is 5.95 Å². The third-order valence-corrected chi connectivity index (χ3v) is 3.15. The Balaban J connectivity index is 2.82. The number of nitrogens with one attached hydrogen (secondary N) is 1. The monoisotopic (exact) mass is 259 g/mol. The molecule has 0 bridgehead atoms. The maximum absolute atomic E-state index is 6.06. The number of anilines is 1. The second-order valence-corrected chi connectivity index (χ2v) is 6.71. The number of hydrogen-bond acceptors (Lipinski definition) is 4. The zero-order valence-corrected chi connectivity index (χ0v) is 11.7. The molecule has 0 unspecified atom stereocenters. The molecule has 1 aromatic heterocycles. The molecule has 0 saturated heterocycles. The van der Waals surface area contributed by atoms with E-state index in [0.29, 0.717) is 11.0 Å². The van der Waals surface area contributed by atoms with Crippen molar-refractivity contribution in [2.45, 2.75) is 43.9 Å². The van der Waals surface area contributed by atoms with Crippen LogP contribution in [0.25, 0.3) is 0 Å². The maximum atomic E-state index is 6.06. The Morgan fingerprint density at radius 2 is 2.12 bits per heavy atom. The van der Waals surface area contributed by atoms with E-state index in [2.05, 4.69) is 43.0 Å². The minimum absolute atomic E-state index is 0.0972. The van der Waals surface area contributed by atoms with E-state index < -0.39 is 0 Å². The van der Waals surface area contributed by atoms with Crippen molar-refractivity contribution in [1.29, 1.82) is 0 Å². The van der Waals surface area contributed by atoms with Crippen LogP contribution in [0.5, 0.6) is 0 Å². The quantitative estimate of drug-likeness (QED) is 0.659. The average molecular weight is 260 g/mol. The predicted molar refractivity (Wildman–Crippen MR) is 71.4 cm³/mol. The van der Waals surface area contributed by atoms with Crippen molar-refractivity contribution in [3.8, 4) is 0 Å². The SMILES string of the molecule is CCCNc1ncc(Cl)c(SC(C)(C)C)n1. The average Bonchev–Trinajstić information content (AvgIpc) is 2.17. The Hall–Kier alpha value is -0.480. The summed E-state index contributed by atoms with van der Waals surface area (Å²) in [6.45, 7) is 9.38. The van der Waals surface area contributed by atoms with Gasteiger partial charge in [0.05, 0.1) is 11.2 Å². The highest BCUT2D eigenvalue weighted by molar-refractivity contribution is 8.00. The first-order chi connectivity index (χ1) is 7.42. The van der Waals surface area contributed by atoms with Crippen LogP contribution in [0.2, 0.25) is 5.02 Å². The molecule has 1 rings (SSSR count). The fraction of sp³-hybridized carbons (Fsp3) is 0.636. The normalized spacial score (nSPS) is 11.6. The van der Waals surface area contributed by atoms with Crippen LogP contribution >= 0.6 is 23.4 Å². The number of hydrogen-bond donors (Lipinski definition) is 1. The van der Waals surface area contributed by atoms with Gasteiger partial charge >= 0.3 is 0 Å². The highest BCUT2D eigenvalue weighted by Crippen LogP contribution is 2.34. The first-order valence-corrected chi connectivity index (χ1v) is 6.57. The molecule has 16 heavy (non-hydrogen) atoms. The molecular weight excluding hydrogens is 242 g/mol. The van der Waals surface area contributed by atoms with Crippen molar-refractivity contribution in [3.05, 3.63) is 11.2 Å². The van der Waals surface area contributed by atoms with E-state index >= 15 is 0 Å². The van der Waals surface area contributed by atoms with Crippen molar-refractivity contribution in [2.24, 2.45) is 0 Å². The van der Waals surface area contributed by atoms with Gasteiger partial charge in [-0.1, -0.05) is 51.1 Å². The van der Waals surface area contributed by atoms with Crippen LogP contribution in [0.1, 0.15) is 34.1 Å². The molecule has 0 radical (unpaired) electrons. The molecule has 0 aliphatic rings. The maximum Gasteiger partial charge on any atom is 0.223 e. The molecule has 1 N–H and O–H groups in total. The molecule has 0 aromatic carbocycles. The minimum atomic E-state index is 0.0972. The van der Waals surface area contributed by atoms with E-state index in [-0.39, 0.29) is 4.75 Å². The summed E-state index contributed by atoms with van der Waals surface area (Å²) in [4.78, 5) is 8.54. The molecule has 0 spiro atoms. The van der Waals surface area contributed by atoms with Gasteiger partial charge in [0.25, 0.3) is 0 Å². The number of aromatic nitrogens is 2. The Kier molecular flexibility index (Phi) is 4.87. The zero-order chi connectivity index (χ0) is 12.2. The third-order valence-electron chi connectivity index (χ3n) is 1.65. The van der Waals surface area contributed by atoms with Gasteiger partial charge < -0.3 is 5.32 Å². The molecule has 0 aliphatic heterocycles. The molecular formula is C11H18ClN3S. The van der Waals surface area contributed by atoms with E-state index in [1.807, 2.05) is 0 Å². The van der Waals surface area contributed by atoms with Crippen molar-refractivity contribution < 1.29 is 0 Å². The molecule has 0 amide bonds. The number of rotatable bonds is 4. The van der Waals surface area contributed by atoms with Crippen molar-refractivity contribution in [1.82, 2.24) is 9.97 Å². The summed E-state index contributed by atoms with van der Waals surface area (Å²) in [5, 5.41) is 4.60. The minimum Gasteiger partial charge on any atom is -0.354 e. The summed E-state index contributed by atoms with van der Waals surface area (Å²) < 4.78 is 0.0972. The number of thioether (sulfide) groups is 1. The van der Waals surface area contributed by atoms with E-state index in [9.17, 15) is 0 Å². The first kappa shape index (κ1) is 13.6. The van der Waals surface area contributed by atoms with E-state index in [4.69, 9.17) is 11.6 Å². The summed E-state index contributed by atoms with van der Waals surface area (Å²) in [5.41, 5.74) is 0. The third kappa shape index (κ3) is 4.58. The Morgan fingerprint density at radius 3 is 2.69 bits per heavy atom. The number of nitrogens with zero attached hydrogens (tertiary/aromatic N) is 2. The molecule has 0 aliphatic carbocycles. The highest BCUT2D eigenvalue weighted by Gasteiger charge is 2.16. The van der Waals surface area contributed by atoms with Crippen LogP contribution in [0, 0.1) is 0 Å². The topological polar surface area (TPSA) is 37.8 Å². The number of halogens is 1. The van der Waals surface area contributed by atoms with Crippen LogP contribution < -0.4 is 5.32 Å². The summed E-state index contributed by atoms with van der Waals surface area (Å²) in [6, 6.07) is 0. The Labute approximate surface area is 106 Å². The lowest BCUT2D eigenvalue weighted by Crippen LogP contribution is -2.09. The molecule has 0 fully saturated rings. The van der Waals surface area contributed by atoms with Crippen molar-refractivity contribution in [2.75, 3.05) is 11.9 Å². The van der Waals surface area contributed by atoms with Gasteiger partial charge in [-0.3, -0.25) is 0 Å². The van der Waals surface area contributed by atoms with Gasteiger partial charge in [0, 0.05) is 11.3 Å². The lowest BCUT2D eigenvalue weighted by molar-refractivity contribution is 0.798. The smallest absolute Gasteiger partial charge is 0.223 e. The van der Waals surface area contributed by atoms with Gasteiger partial charge in [0.1, 0.15) is 5.03 Å². The molecule has 3 nitrogen and oxygen atoms in total. The van der Waals surface area contributed by atoms with Gasteiger partial charge in [0.15, 0.2) is 0 Å². The van der Waals surface area contributed by atoms with Gasteiger partial charge in [-0.05, 0) is 6.42 Å². The van der Waals surface area contributed by atoms with Crippen molar-refractivity contribution >= 4 is 29.3 Å². The van der Waals surface area contributed by atoms with Gasteiger partial charge in [0.2, 0.25) is 5.95 Å². The van der Waals surface area contributed by atoms with E-state index in [1.54, 1.807) is 18.0 Å². The van der Waals surface area contributed by atoms with Gasteiger partial charge in [-0.15, -0.1) is 0 Å². The van der Waals surface area contributed by atoms with E-state index in [1.165, 1.54) is 0 Å². The summed E-state index contributed by atoms with van der Waals surface area (Å²) in [6.07, 6.45) is 2.70.